The van der Waals surface area contributed by atoms with Crippen molar-refractivity contribution < 1.29 is 23.1 Å². The zero-order chi connectivity index (χ0) is 15.1. The maximum atomic E-state index is 12.3. The molecule has 19 heavy (non-hydrogen) atoms. The zero-order valence-electron chi connectivity index (χ0n) is 11.6. The molecule has 2 N–H and O–H groups in total. The minimum absolute atomic E-state index is 0.0933. The van der Waals surface area contributed by atoms with Gasteiger partial charge in [-0.15, -0.1) is 0 Å². The number of hydrogen-bond acceptors (Lipinski definition) is 4. The van der Waals surface area contributed by atoms with Crippen LogP contribution in [0, 0.1) is 5.41 Å². The van der Waals surface area contributed by atoms with E-state index < -0.39 is 32.9 Å². The first kappa shape index (κ1) is 15.9. The number of sulfonamides is 1. The van der Waals surface area contributed by atoms with Crippen LogP contribution in [0.3, 0.4) is 0 Å². The number of rotatable bonds is 4. The Bertz CT molecular complexity index is 499. The van der Waals surface area contributed by atoms with Gasteiger partial charge in [0.1, 0.15) is 5.54 Å². The van der Waals surface area contributed by atoms with Gasteiger partial charge in [0, 0.05) is 13.1 Å². The SMILES string of the molecule is CC1(C(=O)O)CCN(C(=O)C(C)(C)NS(C)(=O)=O)C1. The van der Waals surface area contributed by atoms with Crippen molar-refractivity contribution in [3.05, 3.63) is 0 Å². The molecule has 0 aliphatic carbocycles. The van der Waals surface area contributed by atoms with Gasteiger partial charge in [-0.3, -0.25) is 9.59 Å². The molecule has 1 amide bonds. The summed E-state index contributed by atoms with van der Waals surface area (Å²) in [6.45, 7) is 4.92. The van der Waals surface area contributed by atoms with Crippen LogP contribution in [-0.2, 0) is 19.6 Å². The second kappa shape index (κ2) is 4.75. The second-order valence-electron chi connectivity index (χ2n) is 5.84. The molecule has 0 aromatic carbocycles. The summed E-state index contributed by atoms with van der Waals surface area (Å²) < 4.78 is 24.7. The van der Waals surface area contributed by atoms with Crippen LogP contribution >= 0.6 is 0 Å². The Balaban J connectivity index is 2.83. The van der Waals surface area contributed by atoms with Crippen molar-refractivity contribution in [1.82, 2.24) is 9.62 Å². The molecule has 1 heterocycles. The molecule has 8 heteroatoms. The molecule has 1 fully saturated rings. The fourth-order valence-electron chi connectivity index (χ4n) is 2.21. The zero-order valence-corrected chi connectivity index (χ0v) is 12.4. The van der Waals surface area contributed by atoms with E-state index in [0.29, 0.717) is 13.0 Å². The lowest BCUT2D eigenvalue weighted by molar-refractivity contribution is -0.147. The van der Waals surface area contributed by atoms with Crippen LogP contribution in [0.4, 0.5) is 0 Å². The highest BCUT2D eigenvalue weighted by Crippen LogP contribution is 2.31. The molecule has 1 aliphatic heterocycles. The highest BCUT2D eigenvalue weighted by Gasteiger charge is 2.45. The Morgan fingerprint density at radius 2 is 1.89 bits per heavy atom. The Kier molecular flexibility index (Phi) is 3.98. The summed E-state index contributed by atoms with van der Waals surface area (Å²) in [6.07, 6.45) is 1.34. The third-order valence-corrected chi connectivity index (χ3v) is 4.13. The molecular weight excluding hydrogens is 272 g/mol. The summed E-state index contributed by atoms with van der Waals surface area (Å²) in [6, 6.07) is 0. The number of carboxylic acid groups (broad SMARTS) is 1. The lowest BCUT2D eigenvalue weighted by atomic mass is 9.90. The summed E-state index contributed by atoms with van der Waals surface area (Å²) in [5.41, 5.74) is -2.24. The van der Waals surface area contributed by atoms with Gasteiger partial charge in [-0.25, -0.2) is 13.1 Å². The fraction of sp³-hybridized carbons (Fsp3) is 0.818. The lowest BCUT2D eigenvalue weighted by Gasteiger charge is -2.30. The predicted octanol–water partition coefficient (Wildman–Crippen LogP) is -0.363. The van der Waals surface area contributed by atoms with E-state index in [4.69, 9.17) is 5.11 Å². The number of nitrogens with zero attached hydrogens (tertiary/aromatic N) is 1. The van der Waals surface area contributed by atoms with E-state index in [9.17, 15) is 18.0 Å². The van der Waals surface area contributed by atoms with Crippen LogP contribution in [-0.4, -0.2) is 55.2 Å². The number of carbonyl (C=O) groups is 2. The van der Waals surface area contributed by atoms with Crippen molar-refractivity contribution in [2.75, 3.05) is 19.3 Å². The molecule has 0 saturated carbocycles. The molecule has 7 nitrogen and oxygen atoms in total. The molecule has 1 aliphatic rings. The van der Waals surface area contributed by atoms with Crippen LogP contribution in [0.25, 0.3) is 0 Å². The van der Waals surface area contributed by atoms with Crippen LogP contribution in [0.15, 0.2) is 0 Å². The molecule has 0 radical (unpaired) electrons. The Labute approximate surface area is 113 Å². The maximum absolute atomic E-state index is 12.3. The maximum Gasteiger partial charge on any atom is 0.311 e. The molecule has 0 bridgehead atoms. The molecule has 1 unspecified atom stereocenters. The first-order valence-electron chi connectivity index (χ1n) is 5.89. The van der Waals surface area contributed by atoms with Gasteiger partial charge in [0.15, 0.2) is 0 Å². The highest BCUT2D eigenvalue weighted by molar-refractivity contribution is 7.88. The summed E-state index contributed by atoms with van der Waals surface area (Å²) in [5, 5.41) is 9.11. The summed E-state index contributed by atoms with van der Waals surface area (Å²) in [5.74, 6) is -1.36. The van der Waals surface area contributed by atoms with Crippen molar-refractivity contribution in [3.8, 4) is 0 Å². The number of nitrogens with one attached hydrogen (secondary N) is 1. The van der Waals surface area contributed by atoms with Gasteiger partial charge >= 0.3 is 5.97 Å². The first-order chi connectivity index (χ1) is 8.37. The van der Waals surface area contributed by atoms with E-state index in [0.717, 1.165) is 6.26 Å². The van der Waals surface area contributed by atoms with Crippen LogP contribution in [0.2, 0.25) is 0 Å². The molecule has 1 rings (SSSR count). The average molecular weight is 292 g/mol. The van der Waals surface area contributed by atoms with E-state index in [2.05, 4.69) is 4.72 Å². The number of carboxylic acids is 1. The van der Waals surface area contributed by atoms with Gasteiger partial charge in [-0.05, 0) is 27.2 Å². The van der Waals surface area contributed by atoms with Crippen molar-refractivity contribution in [2.24, 2.45) is 5.41 Å². The number of aliphatic carboxylic acids is 1. The second-order valence-corrected chi connectivity index (χ2v) is 7.59. The normalized spacial score (nSPS) is 24.5. The van der Waals surface area contributed by atoms with E-state index in [1.165, 1.54) is 18.7 Å². The highest BCUT2D eigenvalue weighted by atomic mass is 32.2. The van der Waals surface area contributed by atoms with Gasteiger partial charge < -0.3 is 10.0 Å². The van der Waals surface area contributed by atoms with E-state index in [-0.39, 0.29) is 6.54 Å². The predicted molar refractivity (Wildman–Crippen MR) is 69.0 cm³/mol. The van der Waals surface area contributed by atoms with Gasteiger partial charge in [0.25, 0.3) is 0 Å². The van der Waals surface area contributed by atoms with E-state index >= 15 is 0 Å². The van der Waals surface area contributed by atoms with Gasteiger partial charge in [0.2, 0.25) is 15.9 Å². The molecule has 110 valence electrons. The lowest BCUT2D eigenvalue weighted by Crippen LogP contribution is -2.55. The molecular formula is C11H20N2O5S. The summed E-state index contributed by atoms with van der Waals surface area (Å²) in [7, 11) is -3.52. The number of carbonyl (C=O) groups excluding carboxylic acids is 1. The third-order valence-electron chi connectivity index (χ3n) is 3.25. The quantitative estimate of drug-likeness (QED) is 0.736. The first-order valence-corrected chi connectivity index (χ1v) is 7.78. The third kappa shape index (κ3) is 3.66. The topological polar surface area (TPSA) is 104 Å². The Morgan fingerprint density at radius 1 is 1.37 bits per heavy atom. The van der Waals surface area contributed by atoms with Crippen molar-refractivity contribution in [1.29, 1.82) is 0 Å². The number of amides is 1. The smallest absolute Gasteiger partial charge is 0.311 e. The minimum Gasteiger partial charge on any atom is -0.481 e. The molecule has 1 saturated heterocycles. The fourth-order valence-corrected chi connectivity index (χ4v) is 3.23. The van der Waals surface area contributed by atoms with Gasteiger partial charge in [0.05, 0.1) is 11.7 Å². The number of hydrogen-bond donors (Lipinski definition) is 2. The van der Waals surface area contributed by atoms with Gasteiger partial charge in [-0.2, -0.15) is 0 Å². The van der Waals surface area contributed by atoms with E-state index in [1.807, 2.05) is 0 Å². The van der Waals surface area contributed by atoms with Crippen LogP contribution in [0.5, 0.6) is 0 Å². The average Bonchev–Trinajstić information content (AvgIpc) is 2.57. The molecule has 0 aromatic rings. The summed E-state index contributed by atoms with van der Waals surface area (Å²) in [4.78, 5) is 24.8. The van der Waals surface area contributed by atoms with Crippen molar-refractivity contribution in [2.45, 2.75) is 32.7 Å². The van der Waals surface area contributed by atoms with E-state index in [1.54, 1.807) is 6.92 Å². The molecule has 0 spiro atoms. The molecule has 1 atom stereocenters. The van der Waals surface area contributed by atoms with Crippen LogP contribution in [0.1, 0.15) is 27.2 Å². The van der Waals surface area contributed by atoms with Crippen molar-refractivity contribution >= 4 is 21.9 Å². The molecule has 0 aromatic heterocycles. The Morgan fingerprint density at radius 3 is 2.26 bits per heavy atom. The summed E-state index contributed by atoms with van der Waals surface area (Å²) >= 11 is 0. The largest absolute Gasteiger partial charge is 0.481 e. The van der Waals surface area contributed by atoms with Crippen LogP contribution < -0.4 is 4.72 Å². The van der Waals surface area contributed by atoms with Gasteiger partial charge in [-0.1, -0.05) is 0 Å². The minimum atomic E-state index is -3.52. The number of likely N-dealkylation sites (tertiary alicyclic amines) is 1. The standard InChI is InChI=1S/C11H20N2O5S/c1-10(2,12-19(4,17)18)8(14)13-6-5-11(3,7-13)9(15)16/h12H,5-7H2,1-4H3,(H,15,16). The Hall–Kier alpha value is -1.15. The van der Waals surface area contributed by atoms with Crippen molar-refractivity contribution in [3.63, 3.8) is 0 Å². The monoisotopic (exact) mass is 292 g/mol.